The summed E-state index contributed by atoms with van der Waals surface area (Å²) in [6, 6.07) is 4.77. The molecule has 0 amide bonds. The van der Waals surface area contributed by atoms with Crippen LogP contribution in [0.1, 0.15) is 25.3 Å². The number of aliphatic imine (C=N–C) groups is 1. The van der Waals surface area contributed by atoms with Gasteiger partial charge in [0.15, 0.2) is 5.88 Å². The predicted molar refractivity (Wildman–Crippen MR) is 64.5 cm³/mol. The third-order valence-electron chi connectivity index (χ3n) is 1.93. The molecule has 0 aromatic carbocycles. The van der Waals surface area contributed by atoms with Crippen LogP contribution in [0.4, 0.5) is 0 Å². The normalized spacial score (nSPS) is 11.6. The average Bonchev–Trinajstić information content (AvgIpc) is 2.27. The van der Waals surface area contributed by atoms with Gasteiger partial charge in [0.1, 0.15) is 5.88 Å². The van der Waals surface area contributed by atoms with E-state index in [1.54, 1.807) is 31.6 Å². The number of rotatable bonds is 4. The fourth-order valence-electron chi connectivity index (χ4n) is 1.03. The Morgan fingerprint density at radius 1 is 1.59 bits per heavy atom. The minimum atomic E-state index is 0. The van der Waals surface area contributed by atoms with Crippen LogP contribution in [0.5, 0.6) is 5.88 Å². The Labute approximate surface area is 127 Å². The topological polar surface area (TPSA) is 60.5 Å². The number of hydrogen-bond donors (Lipinski definition) is 1. The summed E-state index contributed by atoms with van der Waals surface area (Å²) in [5.41, 5.74) is 6.63. The Morgan fingerprint density at radius 3 is 2.76 bits per heavy atom. The second-order valence-corrected chi connectivity index (χ2v) is 3.57. The van der Waals surface area contributed by atoms with Crippen LogP contribution in [-0.4, -0.2) is 18.2 Å². The van der Waals surface area contributed by atoms with Crippen LogP contribution < -0.4 is 10.5 Å². The standard InChI is InChI=1S/C12H16N3O.Y/c1-9(2)10-4-5-12(15-8-10)16-11(13)6-7-14-3;/h5-9H,13H2,1-3H3;/q-1;/b11-6+,14-7?;. The smallest absolute Gasteiger partial charge is 0.180 e. The first-order valence-corrected chi connectivity index (χ1v) is 5.07. The van der Waals surface area contributed by atoms with Crippen molar-refractivity contribution < 1.29 is 37.4 Å². The van der Waals surface area contributed by atoms with E-state index in [1.807, 2.05) is 0 Å². The molecule has 2 N–H and O–H groups in total. The van der Waals surface area contributed by atoms with E-state index in [1.165, 1.54) is 0 Å². The summed E-state index contributed by atoms with van der Waals surface area (Å²) < 4.78 is 5.26. The molecule has 1 aromatic heterocycles. The molecule has 0 aliphatic rings. The van der Waals surface area contributed by atoms with Crippen LogP contribution in [0.2, 0.25) is 0 Å². The Morgan fingerprint density at radius 2 is 2.29 bits per heavy atom. The van der Waals surface area contributed by atoms with Crippen molar-refractivity contribution in [1.29, 1.82) is 0 Å². The molecular formula is C12H16N3OY-. The molecule has 4 nitrogen and oxygen atoms in total. The van der Waals surface area contributed by atoms with Crippen molar-refractivity contribution in [2.45, 2.75) is 19.8 Å². The molecule has 1 rings (SSSR count). The van der Waals surface area contributed by atoms with Crippen molar-refractivity contribution in [3.05, 3.63) is 35.9 Å². The molecule has 89 valence electrons. The van der Waals surface area contributed by atoms with Crippen molar-refractivity contribution >= 4 is 6.21 Å². The zero-order valence-electron chi connectivity index (χ0n) is 10.3. The molecule has 17 heavy (non-hydrogen) atoms. The fourth-order valence-corrected chi connectivity index (χ4v) is 1.03. The summed E-state index contributed by atoms with van der Waals surface area (Å²) in [7, 11) is 1.66. The van der Waals surface area contributed by atoms with Gasteiger partial charge in [0, 0.05) is 52.0 Å². The molecule has 0 bridgehead atoms. The van der Waals surface area contributed by atoms with Gasteiger partial charge in [-0.1, -0.05) is 20.0 Å². The predicted octanol–water partition coefficient (Wildman–Crippen LogP) is 1.88. The van der Waals surface area contributed by atoms with Gasteiger partial charge in [-0.15, -0.1) is 11.6 Å². The van der Waals surface area contributed by atoms with Crippen molar-refractivity contribution in [3.8, 4) is 5.88 Å². The molecule has 0 aliphatic heterocycles. The monoisotopic (exact) mass is 307 g/mol. The third-order valence-corrected chi connectivity index (χ3v) is 1.93. The second-order valence-electron chi connectivity index (χ2n) is 3.57. The quantitative estimate of drug-likeness (QED) is 0.525. The summed E-state index contributed by atoms with van der Waals surface area (Å²) in [5.74, 6) is 1.09. The number of allylic oxidation sites excluding steroid dienone is 1. The maximum absolute atomic E-state index is 5.58. The molecule has 0 saturated carbocycles. The van der Waals surface area contributed by atoms with E-state index in [2.05, 4.69) is 29.9 Å². The van der Waals surface area contributed by atoms with Crippen LogP contribution >= 0.6 is 0 Å². The van der Waals surface area contributed by atoms with Gasteiger partial charge in [0.2, 0.25) is 0 Å². The average molecular weight is 307 g/mol. The van der Waals surface area contributed by atoms with Gasteiger partial charge in [0.25, 0.3) is 0 Å². The van der Waals surface area contributed by atoms with Gasteiger partial charge < -0.3 is 15.5 Å². The number of nitrogens with two attached hydrogens (primary N) is 1. The number of pyridine rings is 1. The summed E-state index contributed by atoms with van der Waals surface area (Å²) in [6.07, 6.45) is 4.86. The summed E-state index contributed by atoms with van der Waals surface area (Å²) in [6.45, 7) is 4.17. The molecule has 0 spiro atoms. The van der Waals surface area contributed by atoms with Gasteiger partial charge >= 0.3 is 0 Å². The van der Waals surface area contributed by atoms with Crippen molar-refractivity contribution in [1.82, 2.24) is 4.98 Å². The van der Waals surface area contributed by atoms with Crippen LogP contribution in [-0.2, 0) is 32.7 Å². The Hall–Kier alpha value is -0.736. The molecule has 0 atom stereocenters. The zero-order chi connectivity index (χ0) is 12.0. The Balaban J connectivity index is 0.00000256. The van der Waals surface area contributed by atoms with Crippen molar-refractivity contribution in [3.63, 3.8) is 0 Å². The van der Waals surface area contributed by atoms with E-state index in [9.17, 15) is 0 Å². The number of ether oxygens (including phenoxy) is 1. The zero-order valence-corrected chi connectivity index (χ0v) is 13.2. The van der Waals surface area contributed by atoms with Crippen LogP contribution in [0, 0.1) is 6.07 Å². The van der Waals surface area contributed by atoms with Gasteiger partial charge in [-0.2, -0.15) is 6.07 Å². The fraction of sp³-hybridized carbons (Fsp3) is 0.333. The van der Waals surface area contributed by atoms with E-state index in [4.69, 9.17) is 10.5 Å². The molecule has 0 saturated heterocycles. The summed E-state index contributed by atoms with van der Waals surface area (Å²) in [5, 5.41) is 0. The summed E-state index contributed by atoms with van der Waals surface area (Å²) in [4.78, 5) is 7.89. The Bertz CT molecular complexity index is 385. The molecule has 0 aliphatic carbocycles. The van der Waals surface area contributed by atoms with E-state index in [-0.39, 0.29) is 38.6 Å². The van der Waals surface area contributed by atoms with E-state index in [0.717, 1.165) is 5.56 Å². The van der Waals surface area contributed by atoms with Crippen LogP contribution in [0.15, 0.2) is 29.2 Å². The van der Waals surface area contributed by atoms with Crippen LogP contribution in [0.25, 0.3) is 0 Å². The minimum Gasteiger partial charge on any atom is -0.486 e. The number of hydrogen-bond acceptors (Lipinski definition) is 4. The molecule has 1 aromatic rings. The molecular weight excluding hydrogens is 291 g/mol. The minimum absolute atomic E-state index is 0. The molecule has 0 unspecified atom stereocenters. The van der Waals surface area contributed by atoms with E-state index in [0.29, 0.717) is 11.8 Å². The Kier molecular flexibility index (Phi) is 8.01. The van der Waals surface area contributed by atoms with Gasteiger partial charge in [-0.3, -0.25) is 4.99 Å². The number of nitrogens with zero attached hydrogens (tertiary/aromatic N) is 2. The van der Waals surface area contributed by atoms with Gasteiger partial charge in [-0.25, -0.2) is 0 Å². The van der Waals surface area contributed by atoms with Crippen LogP contribution in [0.3, 0.4) is 0 Å². The first-order valence-electron chi connectivity index (χ1n) is 5.07. The van der Waals surface area contributed by atoms with E-state index >= 15 is 0 Å². The SMILES string of the molecule is CN=C/C=C(\N)Oc1c[c-]c(C(C)C)cn1.[Y]. The van der Waals surface area contributed by atoms with Crippen molar-refractivity contribution in [2.75, 3.05) is 7.05 Å². The maximum atomic E-state index is 5.58. The first-order chi connectivity index (χ1) is 7.63. The summed E-state index contributed by atoms with van der Waals surface area (Å²) >= 11 is 0. The molecule has 0 fully saturated rings. The third kappa shape index (κ3) is 5.94. The number of aromatic nitrogens is 1. The molecule has 5 heteroatoms. The van der Waals surface area contributed by atoms with Crippen molar-refractivity contribution in [2.24, 2.45) is 10.7 Å². The largest absolute Gasteiger partial charge is 0.486 e. The maximum Gasteiger partial charge on any atom is 0.180 e. The molecule has 1 heterocycles. The van der Waals surface area contributed by atoms with Gasteiger partial charge in [0.05, 0.1) is 0 Å². The molecule has 1 radical (unpaired) electrons. The second kappa shape index (κ2) is 8.37. The van der Waals surface area contributed by atoms with E-state index < -0.39 is 0 Å². The first kappa shape index (κ1) is 16.3. The van der Waals surface area contributed by atoms with Gasteiger partial charge in [-0.05, 0) is 5.92 Å².